The molecule has 124 valence electrons. The first-order chi connectivity index (χ1) is 12.0. The maximum atomic E-state index is 13.8. The number of methoxy groups -OCH3 is 1. The highest BCUT2D eigenvalue weighted by molar-refractivity contribution is 6.30. The van der Waals surface area contributed by atoms with Gasteiger partial charge in [0.25, 0.3) is 0 Å². The van der Waals surface area contributed by atoms with Crippen LogP contribution in [0.15, 0.2) is 48.5 Å². The van der Waals surface area contributed by atoms with Crippen molar-refractivity contribution < 1.29 is 9.13 Å². The van der Waals surface area contributed by atoms with E-state index in [0.717, 1.165) is 5.56 Å². The molecule has 0 spiro atoms. The van der Waals surface area contributed by atoms with Gasteiger partial charge >= 0.3 is 0 Å². The Labute approximate surface area is 149 Å². The minimum absolute atomic E-state index is 0.0114. The predicted octanol–water partition coefficient (Wildman–Crippen LogP) is 4.67. The average Bonchev–Trinajstić information content (AvgIpc) is 2.63. The number of nitrogens with two attached hydrogens (primary N) is 1. The molecule has 2 N–H and O–H groups in total. The van der Waals surface area contributed by atoms with E-state index < -0.39 is 5.82 Å². The number of ether oxygens (including phenoxy) is 1. The molecule has 0 aliphatic rings. The molecule has 0 aliphatic carbocycles. The summed E-state index contributed by atoms with van der Waals surface area (Å²) in [6, 6.07) is 15.4. The number of benzene rings is 2. The number of nitrogen functional groups attached to an aromatic ring is 1. The van der Waals surface area contributed by atoms with Crippen LogP contribution in [0.2, 0.25) is 5.02 Å². The van der Waals surface area contributed by atoms with E-state index in [2.05, 4.69) is 4.98 Å². The Hall–Kier alpha value is -3.10. The van der Waals surface area contributed by atoms with Gasteiger partial charge in [-0.1, -0.05) is 29.8 Å². The molecule has 0 radical (unpaired) electrons. The van der Waals surface area contributed by atoms with Crippen LogP contribution >= 0.6 is 11.6 Å². The first kappa shape index (κ1) is 16.7. The molecule has 3 aromatic rings. The number of aromatic nitrogens is 1. The van der Waals surface area contributed by atoms with E-state index in [0.29, 0.717) is 22.6 Å². The van der Waals surface area contributed by atoms with Crippen LogP contribution in [0.1, 0.15) is 5.56 Å². The van der Waals surface area contributed by atoms with E-state index in [1.807, 2.05) is 24.3 Å². The van der Waals surface area contributed by atoms with Gasteiger partial charge in [0.15, 0.2) is 0 Å². The van der Waals surface area contributed by atoms with Gasteiger partial charge in [0.05, 0.1) is 17.8 Å². The Morgan fingerprint density at radius 3 is 2.64 bits per heavy atom. The standard InChI is InChI=1S/C19H13ClFN3O/c1-25-13-4-2-3-12(7-13)18-9-14(15(10-22)19(23)24-18)11-5-6-16(20)17(21)8-11/h2-9H,1H3,(H2,23,24). The Bertz CT molecular complexity index is 998. The van der Waals surface area contributed by atoms with Crippen LogP contribution in [0.5, 0.6) is 5.75 Å². The fraction of sp³-hybridized carbons (Fsp3) is 0.0526. The zero-order chi connectivity index (χ0) is 18.0. The lowest BCUT2D eigenvalue weighted by molar-refractivity contribution is 0.415. The summed E-state index contributed by atoms with van der Waals surface area (Å²) < 4.78 is 19.1. The van der Waals surface area contributed by atoms with Crippen molar-refractivity contribution >= 4 is 17.4 Å². The lowest BCUT2D eigenvalue weighted by Gasteiger charge is -2.11. The molecule has 6 heteroatoms. The fourth-order valence-corrected chi connectivity index (χ4v) is 2.62. The number of anilines is 1. The lowest BCUT2D eigenvalue weighted by Crippen LogP contribution is -2.00. The largest absolute Gasteiger partial charge is 0.497 e. The van der Waals surface area contributed by atoms with E-state index in [1.54, 1.807) is 25.3 Å². The number of nitriles is 1. The number of nitrogens with zero attached hydrogens (tertiary/aromatic N) is 2. The van der Waals surface area contributed by atoms with Gasteiger partial charge in [-0.25, -0.2) is 9.37 Å². The molecule has 0 fully saturated rings. The topological polar surface area (TPSA) is 71.9 Å². The van der Waals surface area contributed by atoms with Crippen molar-refractivity contribution in [3.05, 3.63) is 64.9 Å². The molecule has 3 rings (SSSR count). The molecule has 0 saturated carbocycles. The van der Waals surface area contributed by atoms with E-state index in [-0.39, 0.29) is 16.4 Å². The van der Waals surface area contributed by atoms with E-state index in [4.69, 9.17) is 22.1 Å². The molecule has 0 bridgehead atoms. The van der Waals surface area contributed by atoms with Crippen LogP contribution in [0.4, 0.5) is 10.2 Å². The first-order valence-corrected chi connectivity index (χ1v) is 7.71. The summed E-state index contributed by atoms with van der Waals surface area (Å²) in [7, 11) is 1.57. The third-order valence-electron chi connectivity index (χ3n) is 3.76. The number of pyridine rings is 1. The number of rotatable bonds is 3. The Kier molecular flexibility index (Phi) is 4.55. The highest BCUT2D eigenvalue weighted by Gasteiger charge is 2.15. The number of halogens is 2. The summed E-state index contributed by atoms with van der Waals surface area (Å²) in [6.45, 7) is 0. The maximum absolute atomic E-state index is 13.8. The van der Waals surface area contributed by atoms with Crippen molar-refractivity contribution in [2.45, 2.75) is 0 Å². The molecule has 0 amide bonds. The van der Waals surface area contributed by atoms with Crippen molar-refractivity contribution in [3.63, 3.8) is 0 Å². The summed E-state index contributed by atoms with van der Waals surface area (Å²) in [4.78, 5) is 4.30. The molecule has 4 nitrogen and oxygen atoms in total. The Balaban J connectivity index is 2.22. The second kappa shape index (κ2) is 6.80. The summed E-state index contributed by atoms with van der Waals surface area (Å²) in [5.41, 5.74) is 8.46. The summed E-state index contributed by atoms with van der Waals surface area (Å²) in [6.07, 6.45) is 0. The van der Waals surface area contributed by atoms with Gasteiger partial charge in [-0.2, -0.15) is 5.26 Å². The molecule has 25 heavy (non-hydrogen) atoms. The fourth-order valence-electron chi connectivity index (χ4n) is 2.50. The molecule has 1 aromatic heterocycles. The zero-order valence-corrected chi connectivity index (χ0v) is 14.0. The third-order valence-corrected chi connectivity index (χ3v) is 4.06. The number of hydrogen-bond donors (Lipinski definition) is 1. The van der Waals surface area contributed by atoms with Crippen LogP contribution in [-0.2, 0) is 0 Å². The molecule has 1 heterocycles. The molecule has 0 saturated heterocycles. The van der Waals surface area contributed by atoms with Gasteiger partial charge < -0.3 is 10.5 Å². The molecule has 2 aromatic carbocycles. The average molecular weight is 354 g/mol. The summed E-state index contributed by atoms with van der Waals surface area (Å²) >= 11 is 5.74. The highest BCUT2D eigenvalue weighted by Crippen LogP contribution is 2.33. The van der Waals surface area contributed by atoms with Crippen LogP contribution in [0, 0.1) is 17.1 Å². The normalized spacial score (nSPS) is 10.3. The van der Waals surface area contributed by atoms with Crippen LogP contribution < -0.4 is 10.5 Å². The molecule has 0 unspecified atom stereocenters. The third kappa shape index (κ3) is 3.25. The van der Waals surface area contributed by atoms with Gasteiger partial charge in [0, 0.05) is 11.1 Å². The second-order valence-electron chi connectivity index (χ2n) is 5.29. The maximum Gasteiger partial charge on any atom is 0.142 e. The van der Waals surface area contributed by atoms with Crippen molar-refractivity contribution in [1.29, 1.82) is 5.26 Å². The minimum Gasteiger partial charge on any atom is -0.497 e. The van der Waals surface area contributed by atoms with Crippen molar-refractivity contribution in [1.82, 2.24) is 4.98 Å². The van der Waals surface area contributed by atoms with Crippen LogP contribution in [-0.4, -0.2) is 12.1 Å². The predicted molar refractivity (Wildman–Crippen MR) is 95.8 cm³/mol. The van der Waals surface area contributed by atoms with Crippen molar-refractivity contribution in [2.75, 3.05) is 12.8 Å². The summed E-state index contributed by atoms with van der Waals surface area (Å²) in [5, 5.41) is 9.43. The van der Waals surface area contributed by atoms with Gasteiger partial charge in [-0.3, -0.25) is 0 Å². The van der Waals surface area contributed by atoms with Crippen LogP contribution in [0.25, 0.3) is 22.4 Å². The lowest BCUT2D eigenvalue weighted by atomic mass is 9.98. The molecular formula is C19H13ClFN3O. The van der Waals surface area contributed by atoms with Gasteiger partial charge in [-0.15, -0.1) is 0 Å². The minimum atomic E-state index is -0.568. The highest BCUT2D eigenvalue weighted by atomic mass is 35.5. The number of hydrogen-bond acceptors (Lipinski definition) is 4. The SMILES string of the molecule is COc1cccc(-c2cc(-c3ccc(Cl)c(F)c3)c(C#N)c(N)n2)c1. The molecule has 0 atom stereocenters. The smallest absolute Gasteiger partial charge is 0.142 e. The molecule has 0 aliphatic heterocycles. The Morgan fingerprint density at radius 2 is 1.96 bits per heavy atom. The quantitative estimate of drug-likeness (QED) is 0.742. The van der Waals surface area contributed by atoms with E-state index in [1.165, 1.54) is 12.1 Å². The van der Waals surface area contributed by atoms with Gasteiger partial charge in [0.1, 0.15) is 29.0 Å². The van der Waals surface area contributed by atoms with Gasteiger partial charge in [0.2, 0.25) is 0 Å². The van der Waals surface area contributed by atoms with Gasteiger partial charge in [-0.05, 0) is 35.9 Å². The summed E-state index contributed by atoms with van der Waals surface area (Å²) in [5.74, 6) is 0.177. The van der Waals surface area contributed by atoms with E-state index in [9.17, 15) is 9.65 Å². The van der Waals surface area contributed by atoms with Crippen molar-refractivity contribution in [2.24, 2.45) is 0 Å². The first-order valence-electron chi connectivity index (χ1n) is 7.34. The van der Waals surface area contributed by atoms with E-state index >= 15 is 0 Å². The van der Waals surface area contributed by atoms with Crippen LogP contribution in [0.3, 0.4) is 0 Å². The van der Waals surface area contributed by atoms with Crippen molar-refractivity contribution in [3.8, 4) is 34.2 Å². The second-order valence-corrected chi connectivity index (χ2v) is 5.70. The molecular weight excluding hydrogens is 341 g/mol. The Morgan fingerprint density at radius 1 is 1.16 bits per heavy atom. The zero-order valence-electron chi connectivity index (χ0n) is 13.3. The monoisotopic (exact) mass is 353 g/mol.